The van der Waals surface area contributed by atoms with Crippen molar-refractivity contribution in [1.29, 1.82) is 0 Å². The van der Waals surface area contributed by atoms with Gasteiger partial charge in [-0.2, -0.15) is 22.6 Å². The van der Waals surface area contributed by atoms with Crippen LogP contribution in [-0.2, 0) is 11.3 Å². The van der Waals surface area contributed by atoms with E-state index in [0.717, 1.165) is 16.2 Å². The third kappa shape index (κ3) is 4.06. The highest BCUT2D eigenvalue weighted by atomic mass is 32.1. The molecule has 0 saturated heterocycles. The smallest absolute Gasteiger partial charge is 0.300 e. The lowest BCUT2D eigenvalue weighted by Crippen LogP contribution is -2.21. The van der Waals surface area contributed by atoms with Gasteiger partial charge in [-0.05, 0) is 27.7 Å². The second-order valence-electron chi connectivity index (χ2n) is 5.22. The van der Waals surface area contributed by atoms with Crippen LogP contribution in [0, 0.1) is 20.8 Å². The Morgan fingerprint density at radius 3 is 2.52 bits per heavy atom. The number of hydrogen-bond donors (Lipinski definition) is 1. The van der Waals surface area contributed by atoms with Crippen LogP contribution in [0.3, 0.4) is 0 Å². The van der Waals surface area contributed by atoms with E-state index in [-0.39, 0.29) is 5.91 Å². The Labute approximate surface area is 134 Å². The summed E-state index contributed by atoms with van der Waals surface area (Å²) in [5.41, 5.74) is 1.23. The average Bonchev–Trinajstić information content (AvgIpc) is 2.92. The predicted octanol–water partition coefficient (Wildman–Crippen LogP) is 2.96. The van der Waals surface area contributed by atoms with Gasteiger partial charge in [-0.1, -0.05) is 0 Å². The minimum absolute atomic E-state index is 0.330. The van der Waals surface area contributed by atoms with E-state index >= 15 is 0 Å². The van der Waals surface area contributed by atoms with Gasteiger partial charge in [-0.3, -0.25) is 9.48 Å². The number of carbonyl (C=O) groups is 1. The van der Waals surface area contributed by atoms with Crippen molar-refractivity contribution in [2.45, 2.75) is 46.3 Å². The summed E-state index contributed by atoms with van der Waals surface area (Å²) < 4.78 is 42.5. The number of nitrogens with zero attached hydrogens (tertiary/aromatic N) is 4. The summed E-state index contributed by atoms with van der Waals surface area (Å²) in [5, 5.41) is 6.88. The van der Waals surface area contributed by atoms with Gasteiger partial charge in [0.2, 0.25) is 11.0 Å². The first-order valence-corrected chi connectivity index (χ1v) is 7.57. The largest absolute Gasteiger partial charge is 0.408 e. The van der Waals surface area contributed by atoms with Gasteiger partial charge < -0.3 is 5.32 Å². The fourth-order valence-electron chi connectivity index (χ4n) is 2.35. The maximum Gasteiger partial charge on any atom is 0.408 e. The van der Waals surface area contributed by atoms with Crippen molar-refractivity contribution in [1.82, 2.24) is 19.1 Å². The first-order chi connectivity index (χ1) is 10.6. The number of nitrogens with one attached hydrogen (secondary N) is 1. The van der Waals surface area contributed by atoms with E-state index in [2.05, 4.69) is 19.8 Å². The summed E-state index contributed by atoms with van der Waals surface area (Å²) in [7, 11) is 0. The monoisotopic (exact) mass is 347 g/mol. The summed E-state index contributed by atoms with van der Waals surface area (Å²) in [4.78, 5) is 16.3. The molecule has 0 spiro atoms. The van der Waals surface area contributed by atoms with E-state index in [1.54, 1.807) is 20.8 Å². The summed E-state index contributed by atoms with van der Waals surface area (Å²) in [6.07, 6.45) is -4.37. The molecule has 0 fully saturated rings. The third-order valence-electron chi connectivity index (χ3n) is 3.35. The Kier molecular flexibility index (Phi) is 4.73. The fraction of sp³-hybridized carbons (Fsp3) is 0.538. The number of hydrogen-bond acceptors (Lipinski definition) is 5. The van der Waals surface area contributed by atoms with Crippen molar-refractivity contribution in [2.24, 2.45) is 0 Å². The van der Waals surface area contributed by atoms with E-state index in [9.17, 15) is 18.0 Å². The van der Waals surface area contributed by atoms with Gasteiger partial charge in [0.05, 0.1) is 11.6 Å². The first kappa shape index (κ1) is 17.4. The average molecular weight is 347 g/mol. The summed E-state index contributed by atoms with van der Waals surface area (Å²) >= 11 is 1.05. The molecule has 2 aromatic heterocycles. The Bertz CT molecular complexity index is 722. The van der Waals surface area contributed by atoms with Crippen LogP contribution in [0.1, 0.15) is 35.6 Å². The molecule has 1 atom stereocenters. The van der Waals surface area contributed by atoms with Crippen molar-refractivity contribution in [2.75, 3.05) is 5.32 Å². The molecule has 1 amide bonds. The van der Waals surface area contributed by atoms with Crippen LogP contribution >= 0.6 is 11.5 Å². The van der Waals surface area contributed by atoms with E-state index in [0.29, 0.717) is 27.9 Å². The maximum atomic E-state index is 12.6. The molecule has 126 valence electrons. The van der Waals surface area contributed by atoms with Crippen molar-refractivity contribution in [3.8, 4) is 0 Å². The molecule has 0 aromatic carbocycles. The Morgan fingerprint density at radius 2 is 2.00 bits per heavy atom. The highest BCUT2D eigenvalue weighted by molar-refractivity contribution is 7.09. The number of rotatable bonds is 4. The molecular formula is C13H16F3N5OS. The molecule has 0 aliphatic carbocycles. The van der Waals surface area contributed by atoms with Crippen LogP contribution in [0.5, 0.6) is 0 Å². The van der Waals surface area contributed by atoms with Crippen LogP contribution in [0.4, 0.5) is 18.3 Å². The van der Waals surface area contributed by atoms with E-state index in [4.69, 9.17) is 0 Å². The molecule has 0 saturated carbocycles. The molecule has 23 heavy (non-hydrogen) atoms. The zero-order chi connectivity index (χ0) is 17.4. The van der Waals surface area contributed by atoms with Gasteiger partial charge in [0.25, 0.3) is 0 Å². The van der Waals surface area contributed by atoms with Gasteiger partial charge in [0.15, 0.2) is 0 Å². The summed E-state index contributed by atoms with van der Waals surface area (Å²) in [5.74, 6) is -0.469. The highest BCUT2D eigenvalue weighted by Crippen LogP contribution is 2.27. The fourth-order valence-corrected chi connectivity index (χ4v) is 2.93. The number of aromatic nitrogens is 4. The Balaban J connectivity index is 2.21. The van der Waals surface area contributed by atoms with E-state index in [1.807, 2.05) is 0 Å². The predicted molar refractivity (Wildman–Crippen MR) is 79.4 cm³/mol. The third-order valence-corrected chi connectivity index (χ3v) is 4.07. The normalized spacial score (nSPS) is 13.2. The molecule has 0 bridgehead atoms. The number of aryl methyl sites for hydroxylation is 2. The first-order valence-electron chi connectivity index (χ1n) is 6.80. The molecule has 0 unspecified atom stereocenters. The number of amides is 1. The minimum Gasteiger partial charge on any atom is -0.300 e. The van der Waals surface area contributed by atoms with Crippen LogP contribution in [0.15, 0.2) is 0 Å². The van der Waals surface area contributed by atoms with Crippen LogP contribution in [0.2, 0.25) is 0 Å². The van der Waals surface area contributed by atoms with Crippen LogP contribution < -0.4 is 5.32 Å². The van der Waals surface area contributed by atoms with Gasteiger partial charge in [0.1, 0.15) is 12.4 Å². The van der Waals surface area contributed by atoms with Gasteiger partial charge in [-0.25, -0.2) is 4.98 Å². The standard InChI is InChI=1S/C13H16F3N5OS/c1-6(11(22)18-12-17-9(4)20-23-12)10-7(2)19-21(8(10)3)5-13(14,15)16/h6H,5H2,1-4H3,(H,17,18,20,22)/t6-/m1/s1. The van der Waals surface area contributed by atoms with Crippen molar-refractivity contribution < 1.29 is 18.0 Å². The molecule has 2 heterocycles. The Hall–Kier alpha value is -1.97. The molecule has 0 aliphatic rings. The summed E-state index contributed by atoms with van der Waals surface area (Å²) in [6.45, 7) is 5.26. The number of alkyl halides is 3. The maximum absolute atomic E-state index is 12.6. The zero-order valence-corrected chi connectivity index (χ0v) is 13.8. The van der Waals surface area contributed by atoms with Crippen molar-refractivity contribution >= 4 is 22.6 Å². The van der Waals surface area contributed by atoms with Gasteiger partial charge in [0, 0.05) is 22.8 Å². The molecular weight excluding hydrogens is 331 g/mol. The quantitative estimate of drug-likeness (QED) is 0.923. The number of anilines is 1. The molecule has 6 nitrogen and oxygen atoms in total. The lowest BCUT2D eigenvalue weighted by atomic mass is 9.98. The van der Waals surface area contributed by atoms with Crippen LogP contribution in [0.25, 0.3) is 0 Å². The molecule has 2 rings (SSSR count). The SMILES string of the molecule is Cc1nsc(NC(=O)[C@H](C)c2c(C)nn(CC(F)(F)F)c2C)n1. The van der Waals surface area contributed by atoms with E-state index < -0.39 is 18.6 Å². The van der Waals surface area contributed by atoms with Gasteiger partial charge >= 0.3 is 6.18 Å². The second kappa shape index (κ2) is 6.26. The Morgan fingerprint density at radius 1 is 1.35 bits per heavy atom. The van der Waals surface area contributed by atoms with Crippen molar-refractivity contribution in [3.63, 3.8) is 0 Å². The van der Waals surface area contributed by atoms with Crippen LogP contribution in [-0.4, -0.2) is 31.2 Å². The van der Waals surface area contributed by atoms with Crippen molar-refractivity contribution in [3.05, 3.63) is 22.8 Å². The lowest BCUT2D eigenvalue weighted by molar-refractivity contribution is -0.142. The molecule has 1 N–H and O–H groups in total. The number of halogens is 3. The lowest BCUT2D eigenvalue weighted by Gasteiger charge is -2.12. The topological polar surface area (TPSA) is 72.7 Å². The number of carbonyl (C=O) groups excluding carboxylic acids is 1. The van der Waals surface area contributed by atoms with Gasteiger partial charge in [-0.15, -0.1) is 0 Å². The molecule has 0 radical (unpaired) electrons. The summed E-state index contributed by atoms with van der Waals surface area (Å²) in [6, 6.07) is 0. The zero-order valence-electron chi connectivity index (χ0n) is 13.0. The second-order valence-corrected chi connectivity index (χ2v) is 5.97. The minimum atomic E-state index is -4.37. The van der Waals surface area contributed by atoms with E-state index in [1.165, 1.54) is 6.92 Å². The molecule has 0 aliphatic heterocycles. The molecule has 2 aromatic rings. The molecule has 10 heteroatoms. The highest BCUT2D eigenvalue weighted by Gasteiger charge is 2.31.